The first-order valence-corrected chi connectivity index (χ1v) is 20.6. The Morgan fingerprint density at radius 2 is 1.23 bits per heavy atom. The molecule has 57 heavy (non-hydrogen) atoms. The molecule has 6 aromatic carbocycles. The molecule has 0 saturated carbocycles. The molecule has 0 radical (unpaired) electrons. The Balaban J connectivity index is 1.10. The van der Waals surface area contributed by atoms with Gasteiger partial charge in [0.05, 0.1) is 5.69 Å². The fraction of sp³-hybridized carbons (Fsp3) is 0.179. The van der Waals surface area contributed by atoms with Gasteiger partial charge in [-0.1, -0.05) is 191 Å². The fourth-order valence-electron chi connectivity index (χ4n) is 10.4. The Morgan fingerprint density at radius 1 is 0.544 bits per heavy atom. The Labute approximate surface area is 338 Å². The summed E-state index contributed by atoms with van der Waals surface area (Å²) in [5.74, 6) is 0.483. The van der Waals surface area contributed by atoms with E-state index in [0.717, 1.165) is 24.9 Å². The van der Waals surface area contributed by atoms with E-state index >= 15 is 0 Å². The molecular formula is C56H49N. The summed E-state index contributed by atoms with van der Waals surface area (Å²) in [6.07, 6.45) is 16.6. The van der Waals surface area contributed by atoms with E-state index in [1.165, 1.54) is 72.6 Å². The van der Waals surface area contributed by atoms with Crippen LogP contribution in [0.2, 0.25) is 0 Å². The molecule has 278 valence electrons. The summed E-state index contributed by atoms with van der Waals surface area (Å²) in [5.41, 5.74) is 21.4. The fourth-order valence-corrected chi connectivity index (χ4v) is 10.4. The van der Waals surface area contributed by atoms with E-state index in [1.807, 2.05) is 0 Å². The first-order chi connectivity index (χ1) is 27.8. The Kier molecular flexibility index (Phi) is 8.52. The summed E-state index contributed by atoms with van der Waals surface area (Å²) < 4.78 is 0. The molecule has 0 spiro atoms. The smallest absolute Gasteiger partial charge is 0.0540 e. The summed E-state index contributed by atoms with van der Waals surface area (Å²) in [4.78, 5) is 2.48. The van der Waals surface area contributed by atoms with Crippen LogP contribution in [0.4, 0.5) is 17.1 Å². The van der Waals surface area contributed by atoms with Crippen molar-refractivity contribution < 1.29 is 0 Å². The SMILES string of the molecule is CC1(C)C2=CC3=C(CC2Cc2ccc(N(c4ccc(C5=CC=CC=CC5)cc4)c4ccccc4-c4ccccc4)cc21)C(C)(C)c1cccc(-c2ccccc2)c13. The number of fused-ring (bicyclic) bond motifs is 4. The van der Waals surface area contributed by atoms with Crippen LogP contribution in [0.5, 0.6) is 0 Å². The molecule has 1 nitrogen and oxygen atoms in total. The van der Waals surface area contributed by atoms with E-state index in [9.17, 15) is 0 Å². The van der Waals surface area contributed by atoms with Crippen LogP contribution in [0.15, 0.2) is 193 Å². The van der Waals surface area contributed by atoms with Crippen LogP contribution in [-0.4, -0.2) is 0 Å². The molecule has 0 aliphatic heterocycles. The third kappa shape index (κ3) is 5.91. The van der Waals surface area contributed by atoms with Crippen molar-refractivity contribution in [2.45, 2.75) is 57.8 Å². The third-order valence-corrected chi connectivity index (χ3v) is 13.3. The number of para-hydroxylation sites is 1. The van der Waals surface area contributed by atoms with Crippen molar-refractivity contribution in [2.24, 2.45) is 5.92 Å². The zero-order valence-electron chi connectivity index (χ0n) is 33.5. The topological polar surface area (TPSA) is 3.24 Å². The van der Waals surface area contributed by atoms with E-state index in [1.54, 1.807) is 11.1 Å². The van der Waals surface area contributed by atoms with Gasteiger partial charge in [0.1, 0.15) is 0 Å². The summed E-state index contributed by atoms with van der Waals surface area (Å²) in [6.45, 7) is 9.85. The van der Waals surface area contributed by atoms with Crippen LogP contribution in [0.25, 0.3) is 33.4 Å². The summed E-state index contributed by atoms with van der Waals surface area (Å²) >= 11 is 0. The van der Waals surface area contributed by atoms with Crippen molar-refractivity contribution in [2.75, 3.05) is 4.90 Å². The maximum absolute atomic E-state index is 2.63. The van der Waals surface area contributed by atoms with Gasteiger partial charge in [0.25, 0.3) is 0 Å². The van der Waals surface area contributed by atoms with Gasteiger partial charge in [-0.15, -0.1) is 0 Å². The average molecular weight is 736 g/mol. The molecule has 0 N–H and O–H groups in total. The third-order valence-electron chi connectivity index (χ3n) is 13.3. The molecule has 0 fully saturated rings. The van der Waals surface area contributed by atoms with Gasteiger partial charge in [0.15, 0.2) is 0 Å². The molecule has 0 amide bonds. The van der Waals surface area contributed by atoms with Crippen molar-refractivity contribution in [3.63, 3.8) is 0 Å². The van der Waals surface area contributed by atoms with Crippen molar-refractivity contribution in [3.8, 4) is 22.3 Å². The minimum atomic E-state index is -0.150. The van der Waals surface area contributed by atoms with Crippen LogP contribution >= 0.6 is 0 Å². The van der Waals surface area contributed by atoms with Crippen molar-refractivity contribution in [1.82, 2.24) is 0 Å². The molecule has 4 aliphatic carbocycles. The van der Waals surface area contributed by atoms with Crippen LogP contribution < -0.4 is 4.90 Å². The molecule has 1 heteroatoms. The number of hydrogen-bond acceptors (Lipinski definition) is 1. The predicted octanol–water partition coefficient (Wildman–Crippen LogP) is 14.9. The van der Waals surface area contributed by atoms with Gasteiger partial charge in [-0.2, -0.15) is 0 Å². The highest BCUT2D eigenvalue weighted by Crippen LogP contribution is 2.59. The summed E-state index contributed by atoms with van der Waals surface area (Å²) in [6, 6.07) is 54.2. The van der Waals surface area contributed by atoms with Gasteiger partial charge >= 0.3 is 0 Å². The van der Waals surface area contributed by atoms with Gasteiger partial charge in [-0.3, -0.25) is 0 Å². The summed E-state index contributed by atoms with van der Waals surface area (Å²) in [5, 5.41) is 0. The van der Waals surface area contributed by atoms with Crippen LogP contribution in [0.1, 0.15) is 68.4 Å². The number of allylic oxidation sites excluding steroid dienone is 10. The normalized spacial score (nSPS) is 18.4. The minimum Gasteiger partial charge on any atom is -0.310 e. The van der Waals surface area contributed by atoms with E-state index in [0.29, 0.717) is 5.92 Å². The predicted molar refractivity (Wildman–Crippen MR) is 242 cm³/mol. The highest BCUT2D eigenvalue weighted by molar-refractivity contribution is 5.95. The maximum atomic E-state index is 2.63. The lowest BCUT2D eigenvalue weighted by Gasteiger charge is -2.44. The highest BCUT2D eigenvalue weighted by atomic mass is 15.1. The Hall–Kier alpha value is -6.18. The molecule has 10 rings (SSSR count). The molecular weight excluding hydrogens is 687 g/mol. The minimum absolute atomic E-state index is 0.00585. The van der Waals surface area contributed by atoms with Gasteiger partial charge in [0, 0.05) is 27.8 Å². The van der Waals surface area contributed by atoms with Crippen LogP contribution in [0, 0.1) is 5.92 Å². The Morgan fingerprint density at radius 3 is 2.00 bits per heavy atom. The van der Waals surface area contributed by atoms with Gasteiger partial charge in [0.2, 0.25) is 0 Å². The van der Waals surface area contributed by atoms with Gasteiger partial charge < -0.3 is 4.90 Å². The largest absolute Gasteiger partial charge is 0.310 e. The molecule has 0 heterocycles. The van der Waals surface area contributed by atoms with E-state index < -0.39 is 0 Å². The first-order valence-electron chi connectivity index (χ1n) is 20.6. The van der Waals surface area contributed by atoms with E-state index in [2.05, 4.69) is 215 Å². The number of rotatable bonds is 6. The average Bonchev–Trinajstić information content (AvgIpc) is 3.40. The van der Waals surface area contributed by atoms with Crippen LogP contribution in [0.3, 0.4) is 0 Å². The Bertz CT molecular complexity index is 2680. The van der Waals surface area contributed by atoms with Crippen molar-refractivity contribution in [3.05, 3.63) is 221 Å². The van der Waals surface area contributed by atoms with E-state index in [-0.39, 0.29) is 10.8 Å². The second kappa shape index (κ2) is 13.8. The molecule has 1 atom stereocenters. The monoisotopic (exact) mass is 735 g/mol. The molecule has 0 bridgehead atoms. The molecule has 1 unspecified atom stereocenters. The van der Waals surface area contributed by atoms with E-state index in [4.69, 9.17) is 0 Å². The van der Waals surface area contributed by atoms with Crippen molar-refractivity contribution in [1.29, 1.82) is 0 Å². The number of nitrogens with zero attached hydrogens (tertiary/aromatic N) is 1. The molecule has 0 saturated heterocycles. The number of benzene rings is 6. The van der Waals surface area contributed by atoms with Crippen molar-refractivity contribution >= 4 is 28.2 Å². The lowest BCUT2D eigenvalue weighted by molar-refractivity contribution is 0.429. The standard InChI is InChI=1S/C56H49N/c1-55(2)49-26-17-25-47(41-22-13-8-14-23-41)54(49)48-37-51-43(35-52(48)55)34-42-30-33-45(36-50(42)56(51,3)4)57(53-27-16-15-24-46(53)40-20-11-7-12-21-40)44-31-28-39(29-32-44)38-18-9-5-6-10-19-38/h5-18,20-33,36-37,43H,19,34-35H2,1-4H3. The van der Waals surface area contributed by atoms with Crippen LogP contribution in [-0.2, 0) is 17.3 Å². The molecule has 4 aliphatic rings. The zero-order valence-corrected chi connectivity index (χ0v) is 33.5. The second-order valence-corrected chi connectivity index (χ2v) is 17.3. The molecule has 6 aromatic rings. The first kappa shape index (κ1) is 35.2. The lowest BCUT2D eigenvalue weighted by Crippen LogP contribution is -2.36. The highest BCUT2D eigenvalue weighted by Gasteiger charge is 2.46. The second-order valence-electron chi connectivity index (χ2n) is 17.3. The quantitative estimate of drug-likeness (QED) is 0.165. The number of anilines is 3. The zero-order chi connectivity index (χ0) is 38.7. The summed E-state index contributed by atoms with van der Waals surface area (Å²) in [7, 11) is 0. The van der Waals surface area contributed by atoms with Gasteiger partial charge in [-0.25, -0.2) is 0 Å². The molecule has 0 aromatic heterocycles. The van der Waals surface area contributed by atoms with Gasteiger partial charge in [-0.05, 0) is 111 Å². The lowest BCUT2D eigenvalue weighted by atomic mass is 9.60. The number of hydrogen-bond donors (Lipinski definition) is 0. The maximum Gasteiger partial charge on any atom is 0.0540 e.